The van der Waals surface area contributed by atoms with E-state index >= 15 is 0 Å². The van der Waals surface area contributed by atoms with Gasteiger partial charge in [0, 0.05) is 26.1 Å². The van der Waals surface area contributed by atoms with Crippen molar-refractivity contribution < 1.29 is 5.21 Å². The Kier molecular flexibility index (Phi) is 5.15. The van der Waals surface area contributed by atoms with E-state index in [4.69, 9.17) is 10.9 Å². The van der Waals surface area contributed by atoms with Crippen molar-refractivity contribution in [1.29, 1.82) is 0 Å². The van der Waals surface area contributed by atoms with Crippen LogP contribution in [0, 0.1) is 6.92 Å². The van der Waals surface area contributed by atoms with Gasteiger partial charge in [0.1, 0.15) is 5.84 Å². The Balaban J connectivity index is 2.72. The molecule has 0 amide bonds. The summed E-state index contributed by atoms with van der Waals surface area (Å²) in [4.78, 5) is 2.14. The molecule has 0 fully saturated rings. The van der Waals surface area contributed by atoms with Crippen molar-refractivity contribution in [2.45, 2.75) is 32.9 Å². The molecule has 0 aliphatic carbocycles. The summed E-state index contributed by atoms with van der Waals surface area (Å²) in [6.45, 7) is 4.75. The van der Waals surface area contributed by atoms with E-state index in [1.165, 1.54) is 0 Å². The Bertz CT molecular complexity index is 443. The van der Waals surface area contributed by atoms with Gasteiger partial charge in [-0.25, -0.2) is 0 Å². The molecule has 3 N–H and O–H groups in total. The van der Waals surface area contributed by atoms with E-state index < -0.39 is 0 Å². The first-order valence-corrected chi connectivity index (χ1v) is 6.50. The fraction of sp³-hybridized carbons (Fsp3) is 0.636. The van der Waals surface area contributed by atoms with Crippen molar-refractivity contribution in [2.75, 3.05) is 7.05 Å². The largest absolute Gasteiger partial charge is 0.409 e. The highest BCUT2D eigenvalue weighted by molar-refractivity contribution is 9.10. The normalized spacial score (nSPS) is 14.2. The molecule has 0 aromatic carbocycles. The van der Waals surface area contributed by atoms with Gasteiger partial charge in [-0.3, -0.25) is 9.58 Å². The van der Waals surface area contributed by atoms with Gasteiger partial charge in [-0.2, -0.15) is 5.10 Å². The smallest absolute Gasteiger partial charge is 0.140 e. The van der Waals surface area contributed by atoms with Crippen LogP contribution in [0.5, 0.6) is 0 Å². The van der Waals surface area contributed by atoms with Crippen molar-refractivity contribution in [3.8, 4) is 0 Å². The van der Waals surface area contributed by atoms with Gasteiger partial charge < -0.3 is 10.9 Å². The quantitative estimate of drug-likeness (QED) is 0.373. The number of nitrogens with zero attached hydrogens (tertiary/aromatic N) is 4. The zero-order chi connectivity index (χ0) is 13.9. The number of amidine groups is 1. The molecule has 1 unspecified atom stereocenters. The number of aryl methyl sites for hydroxylation is 2. The van der Waals surface area contributed by atoms with Crippen LogP contribution in [0.25, 0.3) is 0 Å². The molecular formula is C11H20BrN5O. The monoisotopic (exact) mass is 317 g/mol. The summed E-state index contributed by atoms with van der Waals surface area (Å²) in [5.41, 5.74) is 7.60. The molecule has 0 radical (unpaired) electrons. The highest BCUT2D eigenvalue weighted by Gasteiger charge is 2.16. The summed E-state index contributed by atoms with van der Waals surface area (Å²) in [5.74, 6) is 0.245. The van der Waals surface area contributed by atoms with Crippen LogP contribution in [-0.4, -0.2) is 38.8 Å². The summed E-state index contributed by atoms with van der Waals surface area (Å²) >= 11 is 3.54. The second kappa shape index (κ2) is 6.19. The van der Waals surface area contributed by atoms with Crippen LogP contribution in [0.1, 0.15) is 24.7 Å². The van der Waals surface area contributed by atoms with Crippen molar-refractivity contribution in [2.24, 2.45) is 17.9 Å². The Morgan fingerprint density at radius 2 is 2.28 bits per heavy atom. The summed E-state index contributed by atoms with van der Waals surface area (Å²) in [5, 5.41) is 15.9. The molecule has 0 saturated carbocycles. The number of hydrogen-bond donors (Lipinski definition) is 2. The zero-order valence-corrected chi connectivity index (χ0v) is 12.8. The predicted octanol–water partition coefficient (Wildman–Crippen LogP) is 1.45. The maximum atomic E-state index is 8.57. The number of hydrogen-bond acceptors (Lipinski definition) is 4. The second-order valence-corrected chi connectivity index (χ2v) is 5.32. The van der Waals surface area contributed by atoms with Crippen molar-refractivity contribution >= 4 is 21.8 Å². The summed E-state index contributed by atoms with van der Waals surface area (Å²) in [6.07, 6.45) is 0.529. The summed E-state index contributed by atoms with van der Waals surface area (Å²) in [7, 11) is 3.93. The lowest BCUT2D eigenvalue weighted by molar-refractivity contribution is 0.244. The third-order valence-corrected chi connectivity index (χ3v) is 4.08. The number of oxime groups is 1. The number of halogens is 1. The average molecular weight is 318 g/mol. The third kappa shape index (κ3) is 3.46. The molecule has 18 heavy (non-hydrogen) atoms. The maximum Gasteiger partial charge on any atom is 0.140 e. The Labute approximate surface area is 116 Å². The van der Waals surface area contributed by atoms with E-state index in [1.807, 2.05) is 32.6 Å². The maximum absolute atomic E-state index is 8.57. The number of aromatic nitrogens is 2. The van der Waals surface area contributed by atoms with Gasteiger partial charge >= 0.3 is 0 Å². The van der Waals surface area contributed by atoms with Gasteiger partial charge in [0.25, 0.3) is 0 Å². The topological polar surface area (TPSA) is 79.7 Å². The molecule has 1 heterocycles. The molecule has 1 atom stereocenters. The minimum atomic E-state index is 0.183. The van der Waals surface area contributed by atoms with Crippen LogP contribution in [0.2, 0.25) is 0 Å². The van der Waals surface area contributed by atoms with Gasteiger partial charge in [-0.15, -0.1) is 0 Å². The number of rotatable bonds is 5. The van der Waals surface area contributed by atoms with E-state index in [0.29, 0.717) is 6.42 Å². The first-order valence-electron chi connectivity index (χ1n) is 5.71. The molecule has 6 nitrogen and oxygen atoms in total. The predicted molar refractivity (Wildman–Crippen MR) is 74.6 cm³/mol. The molecule has 102 valence electrons. The van der Waals surface area contributed by atoms with Crippen molar-refractivity contribution in [1.82, 2.24) is 14.7 Å². The van der Waals surface area contributed by atoms with Crippen molar-refractivity contribution in [3.05, 3.63) is 15.9 Å². The van der Waals surface area contributed by atoms with E-state index in [0.717, 1.165) is 22.4 Å². The standard InChI is InChI=1S/C11H20BrN5O/c1-7(5-10(13)15-18)16(3)6-9-11(12)8(2)14-17(9)4/h7,18H,5-6H2,1-4H3,(H2,13,15). The van der Waals surface area contributed by atoms with E-state index in [2.05, 4.69) is 31.1 Å². The van der Waals surface area contributed by atoms with Gasteiger partial charge in [0.15, 0.2) is 0 Å². The van der Waals surface area contributed by atoms with Gasteiger partial charge in [-0.1, -0.05) is 5.16 Å². The minimum Gasteiger partial charge on any atom is -0.409 e. The van der Waals surface area contributed by atoms with Gasteiger partial charge in [-0.05, 0) is 36.8 Å². The molecule has 1 rings (SSSR count). The van der Waals surface area contributed by atoms with Gasteiger partial charge in [0.05, 0.1) is 15.9 Å². The highest BCUT2D eigenvalue weighted by Crippen LogP contribution is 2.22. The molecule has 0 saturated heterocycles. The van der Waals surface area contributed by atoms with Crippen LogP contribution in [0.15, 0.2) is 9.63 Å². The summed E-state index contributed by atoms with van der Waals surface area (Å²) < 4.78 is 2.90. The lowest BCUT2D eigenvalue weighted by atomic mass is 10.2. The Hall–Kier alpha value is -1.08. The second-order valence-electron chi connectivity index (χ2n) is 4.53. The fourth-order valence-electron chi connectivity index (χ4n) is 1.74. The van der Waals surface area contributed by atoms with E-state index in [9.17, 15) is 0 Å². The molecule has 0 aliphatic rings. The van der Waals surface area contributed by atoms with Crippen LogP contribution >= 0.6 is 15.9 Å². The lowest BCUT2D eigenvalue weighted by Crippen LogP contribution is -2.33. The molecular weight excluding hydrogens is 298 g/mol. The minimum absolute atomic E-state index is 0.183. The Morgan fingerprint density at radius 3 is 2.72 bits per heavy atom. The highest BCUT2D eigenvalue weighted by atomic mass is 79.9. The fourth-order valence-corrected chi connectivity index (χ4v) is 2.20. The number of nitrogens with two attached hydrogens (primary N) is 1. The molecule has 1 aromatic rings. The zero-order valence-electron chi connectivity index (χ0n) is 11.2. The molecule has 0 bridgehead atoms. The van der Waals surface area contributed by atoms with Crippen LogP contribution in [-0.2, 0) is 13.6 Å². The first-order chi connectivity index (χ1) is 8.36. The molecule has 0 spiro atoms. The van der Waals surface area contributed by atoms with E-state index in [1.54, 1.807) is 0 Å². The van der Waals surface area contributed by atoms with Crippen LogP contribution in [0.3, 0.4) is 0 Å². The molecule has 0 aliphatic heterocycles. The van der Waals surface area contributed by atoms with Crippen LogP contribution in [0.4, 0.5) is 0 Å². The molecule has 1 aromatic heterocycles. The Morgan fingerprint density at radius 1 is 1.67 bits per heavy atom. The van der Waals surface area contributed by atoms with Gasteiger partial charge in [0.2, 0.25) is 0 Å². The lowest BCUT2D eigenvalue weighted by Gasteiger charge is -2.24. The average Bonchev–Trinajstić information content (AvgIpc) is 2.55. The van der Waals surface area contributed by atoms with Crippen LogP contribution < -0.4 is 5.73 Å². The SMILES string of the molecule is Cc1nn(C)c(CN(C)C(C)CC(N)=NO)c1Br. The summed E-state index contributed by atoms with van der Waals surface area (Å²) in [6, 6.07) is 0.183. The third-order valence-electron chi connectivity index (χ3n) is 3.05. The molecule has 7 heteroatoms. The van der Waals surface area contributed by atoms with E-state index in [-0.39, 0.29) is 11.9 Å². The van der Waals surface area contributed by atoms with Crippen molar-refractivity contribution in [3.63, 3.8) is 0 Å². The first kappa shape index (κ1) is 15.0.